The van der Waals surface area contributed by atoms with Crippen LogP contribution < -0.4 is 11.1 Å². The summed E-state index contributed by atoms with van der Waals surface area (Å²) in [6.45, 7) is 3.56. The summed E-state index contributed by atoms with van der Waals surface area (Å²) in [6.07, 6.45) is 4.39. The van der Waals surface area contributed by atoms with Crippen LogP contribution in [-0.4, -0.2) is 58.3 Å². The van der Waals surface area contributed by atoms with Gasteiger partial charge in [0.05, 0.1) is 0 Å². The van der Waals surface area contributed by atoms with Crippen LogP contribution in [0, 0.1) is 5.92 Å². The van der Waals surface area contributed by atoms with E-state index in [2.05, 4.69) is 28.4 Å². The maximum absolute atomic E-state index is 11.9. The van der Waals surface area contributed by atoms with Crippen LogP contribution in [-0.2, 0) is 17.8 Å². The number of carbonyl (C=O) groups is 1. The molecule has 10 heteroatoms. The van der Waals surface area contributed by atoms with Crippen molar-refractivity contribution in [2.45, 2.75) is 56.9 Å². The minimum absolute atomic E-state index is 0. The number of unbranched alkanes of at least 4 members (excludes halogenated alkanes) is 1. The molecular weight excluding hydrogens is 428 g/mol. The first-order valence-electron chi connectivity index (χ1n) is 10.4. The van der Waals surface area contributed by atoms with Crippen LogP contribution in [0.1, 0.15) is 43.2 Å². The van der Waals surface area contributed by atoms with E-state index in [0.717, 1.165) is 45.4 Å². The van der Waals surface area contributed by atoms with E-state index in [1.54, 1.807) is 0 Å². The molecule has 0 saturated carbocycles. The Labute approximate surface area is 191 Å². The van der Waals surface area contributed by atoms with Gasteiger partial charge in [-0.3, -0.25) is 9.69 Å². The highest BCUT2D eigenvalue weighted by Crippen LogP contribution is 2.33. The van der Waals surface area contributed by atoms with E-state index in [1.807, 2.05) is 0 Å². The van der Waals surface area contributed by atoms with E-state index in [1.165, 1.54) is 16.8 Å². The summed E-state index contributed by atoms with van der Waals surface area (Å²) in [5, 5.41) is 31.1. The number of aliphatic carboxylic acids is 1. The normalized spacial score (nSPS) is 18.4. The predicted molar refractivity (Wildman–Crippen MR) is 125 cm³/mol. The van der Waals surface area contributed by atoms with E-state index in [-0.39, 0.29) is 37.1 Å². The average Bonchev–Trinajstić information content (AvgIpc) is 3.15. The third kappa shape index (κ3) is 6.49. The van der Waals surface area contributed by atoms with Crippen LogP contribution in [0.4, 0.5) is 5.69 Å². The number of rotatable bonds is 9. The topological polar surface area (TPSA) is 119 Å². The molecule has 0 aromatic heterocycles. The van der Waals surface area contributed by atoms with Gasteiger partial charge in [-0.05, 0) is 62.1 Å². The van der Waals surface area contributed by atoms with Crippen molar-refractivity contribution in [2.75, 3.05) is 25.0 Å². The van der Waals surface area contributed by atoms with Gasteiger partial charge >= 0.3 is 13.1 Å². The second kappa shape index (κ2) is 12.1. The third-order valence-corrected chi connectivity index (χ3v) is 6.34. The Bertz CT molecular complexity index is 690. The van der Waals surface area contributed by atoms with E-state index < -0.39 is 18.6 Å². The minimum atomic E-state index is -1.34. The SMILES string of the molecule is Cl.Cl.NC(CCCCB(O)O)(C(=O)O)C1CCN(Cc2cccc3c2NCC3)CC1. The molecule has 0 aliphatic carbocycles. The number of carboxylic acid groups (broad SMARTS) is 1. The summed E-state index contributed by atoms with van der Waals surface area (Å²) >= 11 is 0. The summed E-state index contributed by atoms with van der Waals surface area (Å²) in [7, 11) is -1.34. The molecule has 0 radical (unpaired) electrons. The number of likely N-dealkylation sites (tertiary alicyclic amines) is 1. The highest BCUT2D eigenvalue weighted by Gasteiger charge is 2.43. The molecule has 0 bridgehead atoms. The van der Waals surface area contributed by atoms with Crippen LogP contribution >= 0.6 is 24.8 Å². The van der Waals surface area contributed by atoms with Gasteiger partial charge in [0.25, 0.3) is 0 Å². The maximum Gasteiger partial charge on any atom is 0.451 e. The Kier molecular flexibility index (Phi) is 10.9. The second-order valence-electron chi connectivity index (χ2n) is 8.25. The first-order chi connectivity index (χ1) is 13.4. The molecule has 170 valence electrons. The Morgan fingerprint density at radius 3 is 2.57 bits per heavy atom. The number of hydrogen-bond acceptors (Lipinski definition) is 6. The molecule has 1 fully saturated rings. The summed E-state index contributed by atoms with van der Waals surface area (Å²) in [5.41, 5.74) is 9.08. The average molecular weight is 462 g/mol. The number of nitrogens with zero attached hydrogens (tertiary/aromatic N) is 1. The van der Waals surface area contributed by atoms with Crippen LogP contribution in [0.2, 0.25) is 6.32 Å². The number of nitrogens with one attached hydrogen (secondary N) is 1. The Hall–Kier alpha value is -1.03. The quantitative estimate of drug-likeness (QED) is 0.282. The maximum atomic E-state index is 11.9. The Balaban J connectivity index is 0.00000225. The number of hydrogen-bond donors (Lipinski definition) is 5. The number of carboxylic acids is 1. The van der Waals surface area contributed by atoms with E-state index in [0.29, 0.717) is 19.3 Å². The number of piperidine rings is 1. The van der Waals surface area contributed by atoms with Crippen molar-refractivity contribution >= 4 is 43.6 Å². The summed E-state index contributed by atoms with van der Waals surface area (Å²) in [5.74, 6) is -1.000. The first kappa shape index (κ1) is 27.0. The zero-order chi connectivity index (χ0) is 20.1. The molecule has 2 aliphatic heterocycles. The van der Waals surface area contributed by atoms with Crippen LogP contribution in [0.5, 0.6) is 0 Å². The molecular formula is C20H34BCl2N3O4. The lowest BCUT2D eigenvalue weighted by Crippen LogP contribution is -2.56. The van der Waals surface area contributed by atoms with Gasteiger partial charge in [-0.1, -0.05) is 31.0 Å². The van der Waals surface area contributed by atoms with Gasteiger partial charge in [0, 0.05) is 18.8 Å². The molecule has 6 N–H and O–H groups in total. The fourth-order valence-corrected chi connectivity index (χ4v) is 4.62. The number of nitrogens with two attached hydrogens (primary N) is 1. The predicted octanol–water partition coefficient (Wildman–Crippen LogP) is 2.14. The number of anilines is 1. The highest BCUT2D eigenvalue weighted by atomic mass is 35.5. The molecule has 2 heterocycles. The van der Waals surface area contributed by atoms with Gasteiger partial charge in [-0.25, -0.2) is 0 Å². The van der Waals surface area contributed by atoms with Gasteiger partial charge in [-0.15, -0.1) is 24.8 Å². The number of fused-ring (bicyclic) bond motifs is 1. The fraction of sp³-hybridized carbons (Fsp3) is 0.650. The van der Waals surface area contributed by atoms with Gasteiger partial charge < -0.3 is 26.2 Å². The van der Waals surface area contributed by atoms with Crippen LogP contribution in [0.25, 0.3) is 0 Å². The number of para-hydroxylation sites is 1. The van der Waals surface area contributed by atoms with Crippen LogP contribution in [0.15, 0.2) is 18.2 Å². The van der Waals surface area contributed by atoms with Crippen molar-refractivity contribution in [1.29, 1.82) is 0 Å². The minimum Gasteiger partial charge on any atom is -0.480 e. The van der Waals surface area contributed by atoms with Gasteiger partial charge in [0.2, 0.25) is 0 Å². The smallest absolute Gasteiger partial charge is 0.451 e. The van der Waals surface area contributed by atoms with Gasteiger partial charge in [0.15, 0.2) is 0 Å². The molecule has 2 aliphatic rings. The molecule has 1 aromatic rings. The lowest BCUT2D eigenvalue weighted by atomic mass is 9.74. The monoisotopic (exact) mass is 461 g/mol. The van der Waals surface area contributed by atoms with Crippen molar-refractivity contribution in [3.63, 3.8) is 0 Å². The van der Waals surface area contributed by atoms with E-state index >= 15 is 0 Å². The zero-order valence-corrected chi connectivity index (χ0v) is 18.9. The zero-order valence-electron chi connectivity index (χ0n) is 17.3. The van der Waals surface area contributed by atoms with Gasteiger partial charge in [-0.2, -0.15) is 0 Å². The molecule has 0 spiro atoms. The lowest BCUT2D eigenvalue weighted by Gasteiger charge is -2.40. The first-order valence-corrected chi connectivity index (χ1v) is 10.4. The summed E-state index contributed by atoms with van der Waals surface area (Å²) in [6, 6.07) is 6.46. The standard InChI is InChI=1S/C20H32BN3O4.2ClH/c22-20(19(25)26,9-1-2-10-21(27)28)17-7-12-24(13-8-17)14-16-5-3-4-15-6-11-23-18(15)16;;/h3-5,17,23,27-28H,1-2,6-14,22H2,(H,25,26);2*1H. The van der Waals surface area contributed by atoms with Gasteiger partial charge in [0.1, 0.15) is 5.54 Å². The largest absolute Gasteiger partial charge is 0.480 e. The highest BCUT2D eigenvalue weighted by molar-refractivity contribution is 6.40. The molecule has 1 aromatic carbocycles. The summed E-state index contributed by atoms with van der Waals surface area (Å²) < 4.78 is 0. The number of benzene rings is 1. The fourth-order valence-electron chi connectivity index (χ4n) is 4.62. The second-order valence-corrected chi connectivity index (χ2v) is 8.25. The van der Waals surface area contributed by atoms with E-state index in [9.17, 15) is 9.90 Å². The Morgan fingerprint density at radius 2 is 1.93 bits per heavy atom. The van der Waals surface area contributed by atoms with Crippen LogP contribution in [0.3, 0.4) is 0 Å². The van der Waals surface area contributed by atoms with Crippen molar-refractivity contribution in [3.05, 3.63) is 29.3 Å². The lowest BCUT2D eigenvalue weighted by molar-refractivity contribution is -0.147. The van der Waals surface area contributed by atoms with Crippen molar-refractivity contribution in [3.8, 4) is 0 Å². The third-order valence-electron chi connectivity index (χ3n) is 6.34. The number of halogens is 2. The molecule has 7 nitrogen and oxygen atoms in total. The molecule has 0 amide bonds. The molecule has 1 saturated heterocycles. The van der Waals surface area contributed by atoms with Crippen molar-refractivity contribution in [1.82, 2.24) is 4.90 Å². The molecule has 30 heavy (non-hydrogen) atoms. The molecule has 3 rings (SSSR count). The molecule has 1 unspecified atom stereocenters. The van der Waals surface area contributed by atoms with Crippen molar-refractivity contribution < 1.29 is 19.9 Å². The summed E-state index contributed by atoms with van der Waals surface area (Å²) in [4.78, 5) is 14.3. The Morgan fingerprint density at radius 1 is 1.23 bits per heavy atom. The van der Waals surface area contributed by atoms with Crippen molar-refractivity contribution in [2.24, 2.45) is 11.7 Å². The van der Waals surface area contributed by atoms with E-state index in [4.69, 9.17) is 15.8 Å². The molecule has 1 atom stereocenters.